The molecular formula is C32H41ClF3N3O4S. The zero-order valence-corrected chi connectivity index (χ0v) is 26.3. The highest BCUT2D eigenvalue weighted by Crippen LogP contribution is 2.47. The lowest BCUT2D eigenvalue weighted by Gasteiger charge is -2.47. The van der Waals surface area contributed by atoms with Crippen LogP contribution in [0.25, 0.3) is 0 Å². The standard InChI is InChI=1S/C32H41ClF3N3O4S/c33-24-9-11-26-21(15-24)5-4-13-31(26)19-39-17-23-7-10-25(23)27(37-18-32(34,35)36)6-2-1-3-14-44(41,42)38-30(40)22-8-12-29(43-20-31)28(39)16-22/h8-9,11-12,15-16,23,25,27,30,37-38,40H,1-7,10,13-14,17-20H2/t23-,25+,27+,30?,31-/m0/s1. The Labute approximate surface area is 262 Å². The summed E-state index contributed by atoms with van der Waals surface area (Å²) in [5, 5.41) is 14.5. The predicted molar refractivity (Wildman–Crippen MR) is 165 cm³/mol. The number of aliphatic hydroxyl groups excluding tert-OH is 1. The fourth-order valence-electron chi connectivity index (χ4n) is 7.78. The van der Waals surface area contributed by atoms with Crippen LogP contribution in [0.3, 0.4) is 0 Å². The number of alkyl halides is 3. The summed E-state index contributed by atoms with van der Waals surface area (Å²) in [5.74, 6) is 0.732. The molecule has 1 saturated carbocycles. The minimum absolute atomic E-state index is 0.0745. The molecule has 2 aliphatic carbocycles. The van der Waals surface area contributed by atoms with Gasteiger partial charge in [-0.2, -0.15) is 17.9 Å². The first kappa shape index (κ1) is 31.9. The molecular weight excluding hydrogens is 615 g/mol. The van der Waals surface area contributed by atoms with Gasteiger partial charge < -0.3 is 20.1 Å². The number of aryl methyl sites for hydroxylation is 1. The number of hydrogen-bond acceptors (Lipinski definition) is 6. The number of ether oxygens (including phenoxy) is 1. The normalized spacial score (nSPS) is 30.8. The zero-order chi connectivity index (χ0) is 31.1. The molecule has 2 aromatic rings. The van der Waals surface area contributed by atoms with Crippen molar-refractivity contribution in [1.82, 2.24) is 10.0 Å². The number of aliphatic hydroxyl groups is 1. The van der Waals surface area contributed by atoms with Gasteiger partial charge in [-0.15, -0.1) is 0 Å². The summed E-state index contributed by atoms with van der Waals surface area (Å²) in [7, 11) is -3.78. The summed E-state index contributed by atoms with van der Waals surface area (Å²) < 4.78 is 74.4. The summed E-state index contributed by atoms with van der Waals surface area (Å²) in [6, 6.07) is 11.0. The lowest BCUT2D eigenvalue weighted by molar-refractivity contribution is -0.128. The number of rotatable bonds is 2. The van der Waals surface area contributed by atoms with Gasteiger partial charge in [-0.3, -0.25) is 0 Å². The average Bonchev–Trinajstić information content (AvgIpc) is 3.09. The SMILES string of the molecule is O=S1(=O)CCCCC[C@@H](NCC(F)(F)F)[C@@H]2CC[C@H]2CN2C[C@@]3(CCCc4cc(Cl)ccc43)COc3ccc(cc32)C(O)N1. The number of nitrogens with zero attached hydrogens (tertiary/aromatic N) is 1. The van der Waals surface area contributed by atoms with Crippen molar-refractivity contribution in [3.63, 3.8) is 0 Å². The molecule has 44 heavy (non-hydrogen) atoms. The van der Waals surface area contributed by atoms with Crippen molar-refractivity contribution in [3.8, 4) is 5.75 Å². The molecule has 1 spiro atoms. The van der Waals surface area contributed by atoms with E-state index in [9.17, 15) is 26.7 Å². The van der Waals surface area contributed by atoms with E-state index in [1.807, 2.05) is 12.1 Å². The Bertz CT molecular complexity index is 1460. The predicted octanol–water partition coefficient (Wildman–Crippen LogP) is 5.84. The van der Waals surface area contributed by atoms with E-state index < -0.39 is 29.0 Å². The van der Waals surface area contributed by atoms with E-state index in [2.05, 4.69) is 21.0 Å². The maximum atomic E-state index is 13.3. The lowest BCUT2D eigenvalue weighted by atomic mass is 9.67. The number of nitrogens with one attached hydrogen (secondary N) is 2. The molecule has 0 saturated heterocycles. The molecule has 2 heterocycles. The summed E-state index contributed by atoms with van der Waals surface area (Å²) >= 11 is 6.38. The van der Waals surface area contributed by atoms with Crippen molar-refractivity contribution in [2.75, 3.05) is 36.9 Å². The smallest absolute Gasteiger partial charge is 0.401 e. The summed E-state index contributed by atoms with van der Waals surface area (Å²) in [6.07, 6.45) is 0.971. The van der Waals surface area contributed by atoms with Gasteiger partial charge in [0, 0.05) is 29.6 Å². The molecule has 12 heteroatoms. The quantitative estimate of drug-likeness (QED) is 0.377. The molecule has 5 atom stereocenters. The maximum absolute atomic E-state index is 13.3. The highest BCUT2D eigenvalue weighted by molar-refractivity contribution is 7.89. The second-order valence-electron chi connectivity index (χ2n) is 13.1. The van der Waals surface area contributed by atoms with Gasteiger partial charge in [0.1, 0.15) is 12.0 Å². The van der Waals surface area contributed by atoms with Crippen LogP contribution in [0.2, 0.25) is 5.02 Å². The van der Waals surface area contributed by atoms with Gasteiger partial charge in [-0.05, 0) is 97.7 Å². The van der Waals surface area contributed by atoms with E-state index >= 15 is 0 Å². The number of benzene rings is 2. The fourth-order valence-corrected chi connectivity index (χ4v) is 9.15. The molecule has 242 valence electrons. The van der Waals surface area contributed by atoms with Gasteiger partial charge >= 0.3 is 6.18 Å². The van der Waals surface area contributed by atoms with Crippen molar-refractivity contribution in [2.24, 2.45) is 11.8 Å². The van der Waals surface area contributed by atoms with Crippen LogP contribution >= 0.6 is 11.6 Å². The first-order valence-electron chi connectivity index (χ1n) is 15.7. The van der Waals surface area contributed by atoms with Crippen LogP contribution in [-0.2, 0) is 21.9 Å². The van der Waals surface area contributed by atoms with Crippen LogP contribution < -0.4 is 19.7 Å². The second-order valence-corrected chi connectivity index (χ2v) is 15.4. The molecule has 2 bridgehead atoms. The third-order valence-corrected chi connectivity index (χ3v) is 11.8. The Morgan fingerprint density at radius 2 is 1.93 bits per heavy atom. The second kappa shape index (κ2) is 12.6. The molecule has 6 rings (SSSR count). The molecule has 0 radical (unpaired) electrons. The number of fused-ring (bicyclic) bond motifs is 4. The number of halogens is 4. The monoisotopic (exact) mass is 655 g/mol. The van der Waals surface area contributed by atoms with Crippen LogP contribution in [0, 0.1) is 11.8 Å². The van der Waals surface area contributed by atoms with Crippen LogP contribution in [0.1, 0.15) is 74.3 Å². The molecule has 4 aliphatic rings. The fraction of sp³-hybridized carbons (Fsp3) is 0.625. The van der Waals surface area contributed by atoms with Gasteiger partial charge in [0.2, 0.25) is 10.0 Å². The first-order valence-corrected chi connectivity index (χ1v) is 17.7. The Morgan fingerprint density at radius 3 is 2.70 bits per heavy atom. The Morgan fingerprint density at radius 1 is 1.09 bits per heavy atom. The van der Waals surface area contributed by atoms with Gasteiger partial charge in [0.05, 0.1) is 24.6 Å². The summed E-state index contributed by atoms with van der Waals surface area (Å²) in [5.41, 5.74) is 3.25. The molecule has 0 amide bonds. The maximum Gasteiger partial charge on any atom is 0.401 e. The number of sulfonamides is 1. The molecule has 0 aromatic heterocycles. The van der Waals surface area contributed by atoms with Gasteiger partial charge in [0.25, 0.3) is 0 Å². The van der Waals surface area contributed by atoms with Gasteiger partial charge in [-0.1, -0.05) is 36.6 Å². The Kier molecular flexibility index (Phi) is 9.16. The third kappa shape index (κ3) is 7.02. The molecule has 3 N–H and O–H groups in total. The molecule has 2 aliphatic heterocycles. The van der Waals surface area contributed by atoms with E-state index in [1.165, 1.54) is 11.1 Å². The van der Waals surface area contributed by atoms with Crippen LogP contribution in [0.4, 0.5) is 18.9 Å². The van der Waals surface area contributed by atoms with Gasteiger partial charge in [0.15, 0.2) is 0 Å². The lowest BCUT2D eigenvalue weighted by Crippen LogP contribution is -2.52. The van der Waals surface area contributed by atoms with E-state index in [1.54, 1.807) is 18.2 Å². The summed E-state index contributed by atoms with van der Waals surface area (Å²) in [4.78, 5) is 2.28. The van der Waals surface area contributed by atoms with Crippen LogP contribution in [0.15, 0.2) is 36.4 Å². The van der Waals surface area contributed by atoms with Crippen molar-refractivity contribution in [3.05, 3.63) is 58.1 Å². The Hall–Kier alpha value is -2.05. The van der Waals surface area contributed by atoms with E-state index in [4.69, 9.17) is 16.3 Å². The van der Waals surface area contributed by atoms with Crippen molar-refractivity contribution < 1.29 is 31.4 Å². The zero-order valence-electron chi connectivity index (χ0n) is 24.7. The van der Waals surface area contributed by atoms with Crippen molar-refractivity contribution in [1.29, 1.82) is 0 Å². The highest BCUT2D eigenvalue weighted by atomic mass is 35.5. The van der Waals surface area contributed by atoms with Crippen molar-refractivity contribution >= 4 is 27.3 Å². The van der Waals surface area contributed by atoms with Crippen LogP contribution in [-0.4, -0.2) is 57.7 Å². The molecule has 1 fully saturated rings. The molecule has 1 unspecified atom stereocenters. The van der Waals surface area contributed by atoms with Gasteiger partial charge in [-0.25, -0.2) is 8.42 Å². The molecule has 2 aromatic carbocycles. The summed E-state index contributed by atoms with van der Waals surface area (Å²) in [6.45, 7) is 0.664. The largest absolute Gasteiger partial charge is 0.490 e. The minimum atomic E-state index is -4.31. The van der Waals surface area contributed by atoms with E-state index in [0.29, 0.717) is 61.7 Å². The first-order chi connectivity index (χ1) is 20.9. The third-order valence-electron chi connectivity index (χ3n) is 10.1. The topological polar surface area (TPSA) is 90.9 Å². The minimum Gasteiger partial charge on any atom is -0.490 e. The van der Waals surface area contributed by atoms with Crippen molar-refractivity contribution in [2.45, 2.75) is 81.6 Å². The Balaban J connectivity index is 1.38. The molecule has 7 nitrogen and oxygen atoms in total. The number of hydrogen-bond donors (Lipinski definition) is 3. The van der Waals surface area contributed by atoms with E-state index in [-0.39, 0.29) is 29.0 Å². The number of anilines is 1. The van der Waals surface area contributed by atoms with Crippen LogP contribution in [0.5, 0.6) is 5.75 Å². The van der Waals surface area contributed by atoms with E-state index in [0.717, 1.165) is 37.8 Å². The highest BCUT2D eigenvalue weighted by Gasteiger charge is 2.45. The average molecular weight is 656 g/mol.